The van der Waals surface area contributed by atoms with Crippen molar-refractivity contribution in [3.8, 4) is 0 Å². The van der Waals surface area contributed by atoms with Crippen molar-refractivity contribution in [1.82, 2.24) is 10.2 Å². The number of aliphatic hydroxyl groups excluding tert-OH is 1. The first-order valence-corrected chi connectivity index (χ1v) is 11.8. The molecule has 2 fully saturated rings. The average Bonchev–Trinajstić information content (AvgIpc) is 2.82. The van der Waals surface area contributed by atoms with Crippen LogP contribution in [0.5, 0.6) is 0 Å². The van der Waals surface area contributed by atoms with E-state index < -0.39 is 60.4 Å². The van der Waals surface area contributed by atoms with Crippen molar-refractivity contribution >= 4 is 35.4 Å². The Morgan fingerprint density at radius 3 is 2.19 bits per heavy atom. The number of carbonyl (C=O) groups excluding carboxylic acids is 2. The van der Waals surface area contributed by atoms with E-state index >= 15 is 0 Å². The maximum atomic E-state index is 11.7. The first-order valence-electron chi connectivity index (χ1n) is 7.34. The summed E-state index contributed by atoms with van der Waals surface area (Å²) >= 11 is 0. The minimum absolute atomic E-state index is 0. The summed E-state index contributed by atoms with van der Waals surface area (Å²) in [4.78, 5) is 65.1. The first kappa shape index (κ1) is 35.4. The van der Waals surface area contributed by atoms with E-state index in [1.807, 2.05) is 5.32 Å². The fourth-order valence-electron chi connectivity index (χ4n) is 2.36. The Hall–Kier alpha value is 2.27. The molecule has 0 aromatic heterocycles. The average molecular weight is 536 g/mol. The van der Waals surface area contributed by atoms with Crippen LogP contribution in [0.2, 0.25) is 0 Å². The number of amides is 3. The molecule has 3 N–H and O–H groups in total. The number of phosphoric ester groups is 1. The van der Waals surface area contributed by atoms with Gasteiger partial charge in [-0.15, -0.1) is 0 Å². The van der Waals surface area contributed by atoms with Crippen molar-refractivity contribution in [2.75, 3.05) is 13.2 Å². The molecule has 2 aliphatic rings. The van der Waals surface area contributed by atoms with Crippen molar-refractivity contribution in [3.05, 3.63) is 0 Å². The third-order valence-electron chi connectivity index (χ3n) is 3.44. The number of imide groups is 1. The molecule has 16 nitrogen and oxygen atoms in total. The van der Waals surface area contributed by atoms with Crippen LogP contribution in [0.15, 0.2) is 0 Å². The van der Waals surface area contributed by atoms with Gasteiger partial charge < -0.3 is 33.9 Å². The molecule has 22 heteroatoms. The van der Waals surface area contributed by atoms with Crippen molar-refractivity contribution in [3.63, 3.8) is 0 Å². The fourth-order valence-corrected chi connectivity index (χ4v) is 5.26. The topological polar surface area (TPSA) is 247 Å². The van der Waals surface area contributed by atoms with E-state index in [0.29, 0.717) is 0 Å². The van der Waals surface area contributed by atoms with Gasteiger partial charge in [0.2, 0.25) is 5.91 Å². The van der Waals surface area contributed by atoms with E-state index in [9.17, 15) is 43.1 Å². The summed E-state index contributed by atoms with van der Waals surface area (Å²) in [5, 5.41) is 11.9. The Kier molecular flexibility index (Phi) is 16.1. The van der Waals surface area contributed by atoms with Crippen LogP contribution < -0.4 is 109 Å². The standard InChI is InChI=1S/C9H17N2O14P3.3Na/c12-5-3-8(11-2-1-7(13)10-9(11)14)23-6(5)4-22-27(18,19)25-28(20,21)24-26(15,16)17;;;/h5-6,8,12H,1-4H2,(H,18,19)(H,20,21)(H,10,13,14)(H2,15,16,17);;;/q;3*+1/p-3/t5-,6+,8+;;;/m0.../s1. The summed E-state index contributed by atoms with van der Waals surface area (Å²) in [6.45, 7) is -0.965. The molecular weight excluding hydrogens is 522 g/mol. The van der Waals surface area contributed by atoms with Crippen LogP contribution >= 0.6 is 23.5 Å². The SMILES string of the molecule is O=C1CCN([C@H]2C[C@H](O)[C@@H](COP(=O)([O-])OP(=O)([O-])OP(=O)([O-])O)O2)C(=O)N1.[Na+].[Na+].[Na+]. The molecule has 3 amide bonds. The zero-order valence-electron chi connectivity index (χ0n) is 16.6. The number of nitrogens with zero attached hydrogens (tertiary/aromatic N) is 1. The summed E-state index contributed by atoms with van der Waals surface area (Å²) < 4.78 is 48.9. The van der Waals surface area contributed by atoms with E-state index in [0.717, 1.165) is 4.90 Å². The zero-order chi connectivity index (χ0) is 21.3. The van der Waals surface area contributed by atoms with Gasteiger partial charge in [-0.2, -0.15) is 0 Å². The molecule has 2 saturated heterocycles. The molecule has 6 atom stereocenters. The third-order valence-corrected chi connectivity index (χ3v) is 7.13. The Morgan fingerprint density at radius 2 is 1.68 bits per heavy atom. The summed E-state index contributed by atoms with van der Waals surface area (Å²) in [6.07, 6.45) is -3.85. The number of phosphoric acid groups is 3. The number of aliphatic hydroxyl groups is 1. The Labute approximate surface area is 242 Å². The second kappa shape index (κ2) is 14.1. The molecule has 0 aromatic carbocycles. The maximum absolute atomic E-state index is 11.7. The Balaban J connectivity index is 0. The van der Waals surface area contributed by atoms with Crippen LogP contribution in [0, 0.1) is 0 Å². The van der Waals surface area contributed by atoms with E-state index in [1.54, 1.807) is 0 Å². The molecule has 162 valence electrons. The van der Waals surface area contributed by atoms with Gasteiger partial charge >= 0.3 is 94.7 Å². The number of ether oxygens (including phenoxy) is 1. The molecule has 2 rings (SSSR count). The van der Waals surface area contributed by atoms with E-state index in [-0.39, 0.29) is 108 Å². The van der Waals surface area contributed by atoms with Gasteiger partial charge in [0.1, 0.15) is 12.3 Å². The summed E-state index contributed by atoms with van der Waals surface area (Å²) in [6, 6.07) is -0.775. The summed E-state index contributed by atoms with van der Waals surface area (Å²) in [7, 11) is -17.6. The molecule has 0 spiro atoms. The number of hydrogen-bond donors (Lipinski definition) is 3. The number of carbonyl (C=O) groups is 2. The van der Waals surface area contributed by atoms with E-state index in [4.69, 9.17) is 9.63 Å². The molecule has 0 aliphatic carbocycles. The van der Waals surface area contributed by atoms with Gasteiger partial charge in [-0.1, -0.05) is 0 Å². The number of rotatable bonds is 8. The minimum Gasteiger partial charge on any atom is -0.756 e. The van der Waals surface area contributed by atoms with Crippen molar-refractivity contribution in [1.29, 1.82) is 0 Å². The molecule has 0 aromatic rings. The van der Waals surface area contributed by atoms with Crippen LogP contribution in [-0.4, -0.2) is 58.4 Å². The van der Waals surface area contributed by atoms with Crippen LogP contribution in [0.25, 0.3) is 0 Å². The second-order valence-electron chi connectivity index (χ2n) is 5.55. The summed E-state index contributed by atoms with van der Waals surface area (Å²) in [5.41, 5.74) is 0. The summed E-state index contributed by atoms with van der Waals surface area (Å²) in [5.74, 6) is -0.501. The van der Waals surface area contributed by atoms with Gasteiger partial charge in [-0.25, -0.2) is 13.4 Å². The van der Waals surface area contributed by atoms with Gasteiger partial charge in [-0.05, 0) is 0 Å². The maximum Gasteiger partial charge on any atom is 1.00 e. The van der Waals surface area contributed by atoms with Gasteiger partial charge in [0, 0.05) is 19.4 Å². The van der Waals surface area contributed by atoms with Crippen molar-refractivity contribution in [2.45, 2.75) is 31.3 Å². The van der Waals surface area contributed by atoms with Crippen molar-refractivity contribution in [2.24, 2.45) is 0 Å². The van der Waals surface area contributed by atoms with E-state index in [1.165, 1.54) is 0 Å². The molecular formula is C9H14N2Na3O14P3. The molecule has 2 heterocycles. The molecule has 0 saturated carbocycles. The Morgan fingerprint density at radius 1 is 1.10 bits per heavy atom. The van der Waals surface area contributed by atoms with Crippen LogP contribution in [0.1, 0.15) is 12.8 Å². The number of nitrogens with one attached hydrogen (secondary N) is 1. The van der Waals surface area contributed by atoms with Crippen LogP contribution in [-0.2, 0) is 36.4 Å². The molecule has 2 aliphatic heterocycles. The largest absolute Gasteiger partial charge is 1.00 e. The zero-order valence-corrected chi connectivity index (χ0v) is 25.3. The van der Waals surface area contributed by atoms with Crippen molar-refractivity contribution < 1.29 is 155 Å². The predicted octanol–water partition coefficient (Wildman–Crippen LogP) is -12.1. The van der Waals surface area contributed by atoms with Gasteiger partial charge in [0.25, 0.3) is 23.5 Å². The molecule has 0 bridgehead atoms. The molecule has 0 radical (unpaired) electrons. The molecule has 31 heavy (non-hydrogen) atoms. The smallest absolute Gasteiger partial charge is 0.756 e. The quantitative estimate of drug-likeness (QED) is 0.193. The van der Waals surface area contributed by atoms with Crippen LogP contribution in [0.4, 0.5) is 4.79 Å². The normalized spacial score (nSPS) is 29.2. The van der Waals surface area contributed by atoms with Gasteiger partial charge in [0.05, 0.1) is 12.7 Å². The predicted molar refractivity (Wildman–Crippen MR) is 77.3 cm³/mol. The first-order chi connectivity index (χ1) is 12.7. The number of urea groups is 1. The van der Waals surface area contributed by atoms with Gasteiger partial charge in [-0.3, -0.25) is 28.7 Å². The van der Waals surface area contributed by atoms with Crippen LogP contribution in [0.3, 0.4) is 0 Å². The minimum atomic E-state index is -6.03. The molecule has 3 unspecified atom stereocenters. The second-order valence-corrected chi connectivity index (χ2v) is 9.84. The third kappa shape index (κ3) is 12.2. The number of hydrogen-bond acceptors (Lipinski definition) is 13. The fraction of sp³-hybridized carbons (Fsp3) is 0.778. The van der Waals surface area contributed by atoms with E-state index in [2.05, 4.69) is 13.1 Å². The van der Waals surface area contributed by atoms with Gasteiger partial charge in [0.15, 0.2) is 0 Å². The monoisotopic (exact) mass is 536 g/mol. The Bertz CT molecular complexity index is 781.